The van der Waals surface area contributed by atoms with Gasteiger partial charge in [0.1, 0.15) is 5.60 Å². The van der Waals surface area contributed by atoms with E-state index < -0.39 is 0 Å². The molecule has 0 bridgehead atoms. The Morgan fingerprint density at radius 2 is 1.91 bits per heavy atom. The second-order valence-electron chi connectivity index (χ2n) is 9.61. The van der Waals surface area contributed by atoms with Crippen LogP contribution in [0.3, 0.4) is 0 Å². The molecule has 170 valence electrons. The number of guanidine groups is 1. The molecule has 2 aliphatic heterocycles. The van der Waals surface area contributed by atoms with Crippen LogP contribution in [0.15, 0.2) is 54.6 Å². The molecular formula is C26H34N4O2. The number of amides is 1. The zero-order valence-corrected chi connectivity index (χ0v) is 19.5. The van der Waals surface area contributed by atoms with Crippen LogP contribution in [0.2, 0.25) is 0 Å². The lowest BCUT2D eigenvalue weighted by molar-refractivity contribution is -0.131. The maximum absolute atomic E-state index is 12.9. The van der Waals surface area contributed by atoms with Gasteiger partial charge in [-0.3, -0.25) is 15.1 Å². The largest absolute Gasteiger partial charge is 0.372 e. The Balaban J connectivity index is 1.49. The van der Waals surface area contributed by atoms with E-state index >= 15 is 0 Å². The van der Waals surface area contributed by atoms with Gasteiger partial charge in [0, 0.05) is 24.9 Å². The summed E-state index contributed by atoms with van der Waals surface area (Å²) in [4.78, 5) is 16.8. The van der Waals surface area contributed by atoms with Crippen molar-refractivity contribution in [2.24, 2.45) is 5.92 Å². The summed E-state index contributed by atoms with van der Waals surface area (Å²) in [6, 6.07) is 18.7. The monoisotopic (exact) mass is 434 g/mol. The van der Waals surface area contributed by atoms with E-state index in [1.165, 1.54) is 5.56 Å². The third-order valence-electron chi connectivity index (χ3n) is 7.31. The molecule has 0 saturated carbocycles. The molecule has 6 heteroatoms. The van der Waals surface area contributed by atoms with Crippen LogP contribution in [-0.4, -0.2) is 42.5 Å². The molecule has 2 fully saturated rings. The van der Waals surface area contributed by atoms with Crippen molar-refractivity contribution in [3.05, 3.63) is 65.7 Å². The Kier molecular flexibility index (Phi) is 5.99. The number of rotatable bonds is 6. The Morgan fingerprint density at radius 1 is 1.16 bits per heavy atom. The first-order valence-electron chi connectivity index (χ1n) is 11.4. The fourth-order valence-electron chi connectivity index (χ4n) is 4.73. The summed E-state index contributed by atoms with van der Waals surface area (Å²) in [5, 5.41) is 11.7. The van der Waals surface area contributed by atoms with E-state index in [1.807, 2.05) is 25.1 Å². The van der Waals surface area contributed by atoms with E-state index in [1.54, 1.807) is 12.0 Å². The molecule has 0 aromatic heterocycles. The minimum absolute atomic E-state index is 0.000923. The molecule has 2 heterocycles. The summed E-state index contributed by atoms with van der Waals surface area (Å²) in [6.45, 7) is 8.26. The molecule has 32 heavy (non-hydrogen) atoms. The van der Waals surface area contributed by atoms with E-state index in [9.17, 15) is 4.79 Å². The highest BCUT2D eigenvalue weighted by molar-refractivity contribution is 5.99. The Morgan fingerprint density at radius 3 is 2.56 bits per heavy atom. The first-order valence-corrected chi connectivity index (χ1v) is 11.4. The molecule has 6 nitrogen and oxygen atoms in total. The number of methoxy groups -OCH3 is 1. The normalized spacial score (nSPS) is 26.0. The molecule has 2 aromatic rings. The van der Waals surface area contributed by atoms with Crippen molar-refractivity contribution < 1.29 is 9.53 Å². The average molecular weight is 435 g/mol. The Labute approximate surface area is 191 Å². The SMILES string of the molecule is COC1(c2ccccc2)CCN(c2cccc(CN3C(=N)N[C@](C)(C(C)C)CC3=O)c2)C1. The highest BCUT2D eigenvalue weighted by atomic mass is 16.5. The van der Waals surface area contributed by atoms with Crippen molar-refractivity contribution >= 4 is 17.6 Å². The topological polar surface area (TPSA) is 68.7 Å². The number of carbonyl (C=O) groups is 1. The average Bonchev–Trinajstić information content (AvgIpc) is 3.23. The summed E-state index contributed by atoms with van der Waals surface area (Å²) in [7, 11) is 1.79. The third-order valence-corrected chi connectivity index (χ3v) is 7.31. The summed E-state index contributed by atoms with van der Waals surface area (Å²) < 4.78 is 6.02. The molecule has 0 radical (unpaired) electrons. The van der Waals surface area contributed by atoms with Crippen LogP contribution in [0, 0.1) is 11.3 Å². The maximum Gasteiger partial charge on any atom is 0.231 e. The highest BCUT2D eigenvalue weighted by Crippen LogP contribution is 2.37. The first kappa shape index (κ1) is 22.3. The Hall–Kier alpha value is -2.86. The lowest BCUT2D eigenvalue weighted by Crippen LogP contribution is -2.62. The number of ether oxygens (including phenoxy) is 1. The number of nitrogens with zero attached hydrogens (tertiary/aromatic N) is 2. The second-order valence-corrected chi connectivity index (χ2v) is 9.61. The molecule has 2 N–H and O–H groups in total. The molecule has 0 spiro atoms. The summed E-state index contributed by atoms with van der Waals surface area (Å²) in [5.74, 6) is 0.448. The van der Waals surface area contributed by atoms with Gasteiger partial charge >= 0.3 is 0 Å². The van der Waals surface area contributed by atoms with Gasteiger partial charge in [0.15, 0.2) is 5.96 Å². The quantitative estimate of drug-likeness (QED) is 0.718. The number of benzene rings is 2. The van der Waals surface area contributed by atoms with Gasteiger partial charge < -0.3 is 15.0 Å². The molecule has 0 aliphatic carbocycles. The minimum Gasteiger partial charge on any atom is -0.372 e. The van der Waals surface area contributed by atoms with E-state index in [0.717, 1.165) is 30.8 Å². The lowest BCUT2D eigenvalue weighted by Gasteiger charge is -2.43. The molecular weight excluding hydrogens is 400 g/mol. The van der Waals surface area contributed by atoms with Gasteiger partial charge in [0.2, 0.25) is 5.91 Å². The fraction of sp³-hybridized carbons (Fsp3) is 0.462. The number of carbonyl (C=O) groups excluding carboxylic acids is 1. The minimum atomic E-state index is -0.372. The van der Waals surface area contributed by atoms with Crippen LogP contribution >= 0.6 is 0 Å². The first-order chi connectivity index (χ1) is 15.3. The standard InChI is InChI=1S/C26H34N4O2/c1-19(2)25(3)16-23(31)30(24(27)28-25)17-20-9-8-12-22(15-20)29-14-13-26(18-29,32-4)21-10-6-5-7-11-21/h5-12,15,19H,13-14,16-18H2,1-4H3,(H2,27,28)/t25-,26?/m0/s1. The predicted octanol–water partition coefficient (Wildman–Crippen LogP) is 4.11. The number of anilines is 1. The van der Waals surface area contributed by atoms with Crippen molar-refractivity contribution in [2.45, 2.75) is 51.3 Å². The zero-order chi connectivity index (χ0) is 22.9. The second kappa shape index (κ2) is 8.58. The third kappa shape index (κ3) is 4.11. The molecule has 2 atom stereocenters. The fourth-order valence-corrected chi connectivity index (χ4v) is 4.73. The molecule has 1 unspecified atom stereocenters. The van der Waals surface area contributed by atoms with Crippen LogP contribution in [0.4, 0.5) is 5.69 Å². The zero-order valence-electron chi connectivity index (χ0n) is 19.5. The van der Waals surface area contributed by atoms with E-state index in [-0.39, 0.29) is 28.9 Å². The van der Waals surface area contributed by atoms with Crippen molar-refractivity contribution in [2.75, 3.05) is 25.1 Å². The van der Waals surface area contributed by atoms with E-state index in [0.29, 0.717) is 13.0 Å². The molecule has 2 saturated heterocycles. The molecule has 2 aliphatic rings. The van der Waals surface area contributed by atoms with E-state index in [4.69, 9.17) is 10.1 Å². The predicted molar refractivity (Wildman–Crippen MR) is 128 cm³/mol. The number of hydrogen-bond acceptors (Lipinski definition) is 4. The number of nitrogens with one attached hydrogen (secondary N) is 2. The molecule has 1 amide bonds. The van der Waals surface area contributed by atoms with Gasteiger partial charge in [-0.15, -0.1) is 0 Å². The molecule has 4 rings (SSSR count). The van der Waals surface area contributed by atoms with Crippen LogP contribution in [0.1, 0.15) is 44.7 Å². The van der Waals surface area contributed by atoms with Crippen LogP contribution in [0.25, 0.3) is 0 Å². The van der Waals surface area contributed by atoms with Gasteiger partial charge in [0.05, 0.1) is 19.5 Å². The van der Waals surface area contributed by atoms with Crippen molar-refractivity contribution in [1.29, 1.82) is 5.41 Å². The summed E-state index contributed by atoms with van der Waals surface area (Å²) >= 11 is 0. The van der Waals surface area contributed by atoms with Crippen molar-refractivity contribution in [3.8, 4) is 0 Å². The Bertz CT molecular complexity index is 972. The van der Waals surface area contributed by atoms with Gasteiger partial charge in [0.25, 0.3) is 0 Å². The maximum atomic E-state index is 12.9. The van der Waals surface area contributed by atoms with Crippen molar-refractivity contribution in [1.82, 2.24) is 10.2 Å². The van der Waals surface area contributed by atoms with E-state index in [2.05, 4.69) is 60.5 Å². The van der Waals surface area contributed by atoms with Crippen LogP contribution < -0.4 is 10.2 Å². The summed E-state index contributed by atoms with van der Waals surface area (Å²) in [6.07, 6.45) is 1.32. The van der Waals surface area contributed by atoms with Gasteiger partial charge in [-0.25, -0.2) is 0 Å². The van der Waals surface area contributed by atoms with Crippen LogP contribution in [0.5, 0.6) is 0 Å². The highest BCUT2D eigenvalue weighted by Gasteiger charge is 2.41. The van der Waals surface area contributed by atoms with Gasteiger partial charge in [-0.1, -0.05) is 56.3 Å². The smallest absolute Gasteiger partial charge is 0.231 e. The number of hydrogen-bond donors (Lipinski definition) is 2. The molecule has 2 aromatic carbocycles. The van der Waals surface area contributed by atoms with Crippen molar-refractivity contribution in [3.63, 3.8) is 0 Å². The van der Waals surface area contributed by atoms with Gasteiger partial charge in [-0.2, -0.15) is 0 Å². The summed E-state index contributed by atoms with van der Waals surface area (Å²) in [5.41, 5.74) is 2.66. The van der Waals surface area contributed by atoms with Crippen LogP contribution in [-0.2, 0) is 21.7 Å². The van der Waals surface area contributed by atoms with Gasteiger partial charge in [-0.05, 0) is 42.5 Å². The lowest BCUT2D eigenvalue weighted by atomic mass is 9.83.